The second kappa shape index (κ2) is 6.32. The number of nitrogens with zero attached hydrogens (tertiary/aromatic N) is 4. The molecule has 1 aliphatic heterocycles. The fraction of sp³-hybridized carbons (Fsp3) is 0.308. The van der Waals surface area contributed by atoms with Gasteiger partial charge in [-0.15, -0.1) is 0 Å². The number of hydrogen-bond donors (Lipinski definition) is 0. The summed E-state index contributed by atoms with van der Waals surface area (Å²) in [5, 5.41) is 1.17. The molecular formula is C13H11Cl3N4O. The van der Waals surface area contributed by atoms with Crippen LogP contribution < -0.4 is 4.90 Å². The fourth-order valence-corrected chi connectivity index (χ4v) is 2.74. The molecule has 1 aliphatic rings. The predicted molar refractivity (Wildman–Crippen MR) is 83.3 cm³/mol. The molecule has 1 saturated heterocycles. The number of aromatic nitrogens is 3. The Labute approximate surface area is 136 Å². The van der Waals surface area contributed by atoms with Gasteiger partial charge in [0.25, 0.3) is 0 Å². The highest BCUT2D eigenvalue weighted by atomic mass is 35.5. The van der Waals surface area contributed by atoms with Gasteiger partial charge in [0.05, 0.1) is 13.2 Å². The SMILES string of the molecule is Clc1cc(Cl)cc(-c2nc(Cl)nc(N3CCOCC3)n2)c1. The van der Waals surface area contributed by atoms with E-state index in [-0.39, 0.29) is 5.28 Å². The third kappa shape index (κ3) is 3.55. The van der Waals surface area contributed by atoms with E-state index in [0.29, 0.717) is 40.6 Å². The molecule has 0 radical (unpaired) electrons. The van der Waals surface area contributed by atoms with Crippen LogP contribution >= 0.6 is 34.8 Å². The van der Waals surface area contributed by atoms with Gasteiger partial charge in [0.2, 0.25) is 11.2 Å². The van der Waals surface area contributed by atoms with E-state index in [2.05, 4.69) is 15.0 Å². The zero-order valence-electron chi connectivity index (χ0n) is 10.9. The summed E-state index contributed by atoms with van der Waals surface area (Å²) in [5.74, 6) is 0.977. The van der Waals surface area contributed by atoms with Crippen molar-refractivity contribution in [2.75, 3.05) is 31.2 Å². The molecule has 8 heteroatoms. The van der Waals surface area contributed by atoms with Gasteiger partial charge < -0.3 is 9.64 Å². The molecule has 2 heterocycles. The number of hydrogen-bond acceptors (Lipinski definition) is 5. The summed E-state index contributed by atoms with van der Waals surface area (Å²) < 4.78 is 5.32. The predicted octanol–water partition coefficient (Wildman–Crippen LogP) is 3.34. The van der Waals surface area contributed by atoms with E-state index in [0.717, 1.165) is 13.1 Å². The van der Waals surface area contributed by atoms with E-state index in [1.54, 1.807) is 18.2 Å². The Balaban J connectivity index is 2.00. The Morgan fingerprint density at radius 2 is 1.57 bits per heavy atom. The molecule has 0 N–H and O–H groups in total. The standard InChI is InChI=1S/C13H11Cl3N4O/c14-9-5-8(6-10(15)7-9)11-17-12(16)19-13(18-11)20-1-3-21-4-2-20/h5-7H,1-4H2. The number of rotatable bonds is 2. The molecule has 21 heavy (non-hydrogen) atoms. The first-order chi connectivity index (χ1) is 10.1. The van der Waals surface area contributed by atoms with Crippen LogP contribution in [0, 0.1) is 0 Å². The topological polar surface area (TPSA) is 51.1 Å². The molecule has 0 amide bonds. The maximum Gasteiger partial charge on any atom is 0.230 e. The average Bonchev–Trinajstić information content (AvgIpc) is 2.46. The van der Waals surface area contributed by atoms with E-state index in [4.69, 9.17) is 39.5 Å². The minimum absolute atomic E-state index is 0.137. The molecule has 110 valence electrons. The van der Waals surface area contributed by atoms with E-state index >= 15 is 0 Å². The number of halogens is 3. The van der Waals surface area contributed by atoms with Crippen molar-refractivity contribution < 1.29 is 4.74 Å². The summed E-state index contributed by atoms with van der Waals surface area (Å²) in [6.07, 6.45) is 0. The molecule has 0 bridgehead atoms. The van der Waals surface area contributed by atoms with Gasteiger partial charge in [0.15, 0.2) is 5.82 Å². The summed E-state index contributed by atoms with van der Waals surface area (Å²) in [5.41, 5.74) is 0.700. The zero-order valence-corrected chi connectivity index (χ0v) is 13.2. The van der Waals surface area contributed by atoms with Crippen LogP contribution in [-0.4, -0.2) is 41.3 Å². The van der Waals surface area contributed by atoms with Crippen LogP contribution in [0.1, 0.15) is 0 Å². The maximum absolute atomic E-state index is 6.01. The molecule has 0 aliphatic carbocycles. The minimum Gasteiger partial charge on any atom is -0.378 e. The number of anilines is 1. The van der Waals surface area contributed by atoms with Crippen molar-refractivity contribution in [3.63, 3.8) is 0 Å². The van der Waals surface area contributed by atoms with Crippen molar-refractivity contribution >= 4 is 40.8 Å². The average molecular weight is 346 g/mol. The van der Waals surface area contributed by atoms with Crippen molar-refractivity contribution in [1.82, 2.24) is 15.0 Å². The van der Waals surface area contributed by atoms with Crippen molar-refractivity contribution in [2.24, 2.45) is 0 Å². The monoisotopic (exact) mass is 344 g/mol. The molecular weight excluding hydrogens is 335 g/mol. The molecule has 5 nitrogen and oxygen atoms in total. The first-order valence-corrected chi connectivity index (χ1v) is 7.46. The van der Waals surface area contributed by atoms with Gasteiger partial charge in [-0.1, -0.05) is 23.2 Å². The normalized spacial score (nSPS) is 15.3. The van der Waals surface area contributed by atoms with Crippen LogP contribution in [0.2, 0.25) is 15.3 Å². The Bertz CT molecular complexity index is 642. The molecule has 1 aromatic heterocycles. The summed E-state index contributed by atoms with van der Waals surface area (Å²) in [6.45, 7) is 2.72. The van der Waals surface area contributed by atoms with Crippen LogP contribution in [0.5, 0.6) is 0 Å². The molecule has 0 spiro atoms. The second-order valence-electron chi connectivity index (χ2n) is 4.49. The summed E-state index contributed by atoms with van der Waals surface area (Å²) in [4.78, 5) is 14.8. The van der Waals surface area contributed by atoms with Crippen molar-refractivity contribution in [2.45, 2.75) is 0 Å². The van der Waals surface area contributed by atoms with Crippen LogP contribution in [0.15, 0.2) is 18.2 Å². The highest BCUT2D eigenvalue weighted by Gasteiger charge is 2.17. The van der Waals surface area contributed by atoms with Gasteiger partial charge in [-0.25, -0.2) is 0 Å². The zero-order chi connectivity index (χ0) is 14.8. The second-order valence-corrected chi connectivity index (χ2v) is 5.70. The van der Waals surface area contributed by atoms with Crippen molar-refractivity contribution in [3.05, 3.63) is 33.5 Å². The van der Waals surface area contributed by atoms with Crippen molar-refractivity contribution in [3.8, 4) is 11.4 Å². The molecule has 1 fully saturated rings. The molecule has 1 aromatic carbocycles. The van der Waals surface area contributed by atoms with Gasteiger partial charge in [-0.3, -0.25) is 0 Å². The third-order valence-electron chi connectivity index (χ3n) is 3.01. The van der Waals surface area contributed by atoms with Crippen LogP contribution in [0.4, 0.5) is 5.95 Å². The summed E-state index contributed by atoms with van der Waals surface area (Å²) >= 11 is 18.0. The number of benzene rings is 1. The number of ether oxygens (including phenoxy) is 1. The molecule has 0 saturated carbocycles. The number of morpholine rings is 1. The van der Waals surface area contributed by atoms with E-state index in [1.807, 2.05) is 4.90 Å². The Hall–Kier alpha value is -1.14. The van der Waals surface area contributed by atoms with Gasteiger partial charge in [0, 0.05) is 28.7 Å². The minimum atomic E-state index is 0.137. The fourth-order valence-electron chi connectivity index (χ4n) is 2.06. The van der Waals surface area contributed by atoms with E-state index in [1.165, 1.54) is 0 Å². The van der Waals surface area contributed by atoms with Crippen LogP contribution in [0.25, 0.3) is 11.4 Å². The first-order valence-electron chi connectivity index (χ1n) is 6.32. The Morgan fingerprint density at radius 1 is 0.905 bits per heavy atom. The van der Waals surface area contributed by atoms with Gasteiger partial charge >= 0.3 is 0 Å². The smallest absolute Gasteiger partial charge is 0.230 e. The summed E-state index contributed by atoms with van der Waals surface area (Å²) in [7, 11) is 0. The largest absolute Gasteiger partial charge is 0.378 e. The van der Waals surface area contributed by atoms with Gasteiger partial charge in [0.1, 0.15) is 0 Å². The summed E-state index contributed by atoms with van der Waals surface area (Å²) in [6, 6.07) is 5.13. The third-order valence-corrected chi connectivity index (χ3v) is 3.62. The van der Waals surface area contributed by atoms with Crippen LogP contribution in [0.3, 0.4) is 0 Å². The molecule has 3 rings (SSSR count). The lowest BCUT2D eigenvalue weighted by molar-refractivity contribution is 0.122. The van der Waals surface area contributed by atoms with Gasteiger partial charge in [-0.2, -0.15) is 15.0 Å². The molecule has 2 aromatic rings. The Kier molecular flexibility index (Phi) is 4.45. The molecule has 0 unspecified atom stereocenters. The lowest BCUT2D eigenvalue weighted by Gasteiger charge is -2.26. The quantitative estimate of drug-likeness (QED) is 0.835. The van der Waals surface area contributed by atoms with E-state index in [9.17, 15) is 0 Å². The van der Waals surface area contributed by atoms with Crippen LogP contribution in [-0.2, 0) is 4.74 Å². The van der Waals surface area contributed by atoms with E-state index < -0.39 is 0 Å². The molecule has 0 atom stereocenters. The Morgan fingerprint density at radius 3 is 2.24 bits per heavy atom. The van der Waals surface area contributed by atoms with Crippen molar-refractivity contribution in [1.29, 1.82) is 0 Å². The highest BCUT2D eigenvalue weighted by Crippen LogP contribution is 2.26. The lowest BCUT2D eigenvalue weighted by Crippen LogP contribution is -2.37. The maximum atomic E-state index is 6.01. The highest BCUT2D eigenvalue weighted by molar-refractivity contribution is 6.35. The first kappa shape index (κ1) is 14.8. The van der Waals surface area contributed by atoms with Gasteiger partial charge in [-0.05, 0) is 29.8 Å². The lowest BCUT2D eigenvalue weighted by atomic mass is 10.2.